The molecule has 3 heteroatoms. The zero-order valence-electron chi connectivity index (χ0n) is 9.08. The number of aliphatic hydroxyl groups excluding tert-OH is 2. The van der Waals surface area contributed by atoms with E-state index in [0.29, 0.717) is 6.42 Å². The highest BCUT2D eigenvalue weighted by atomic mass is 19.1. The van der Waals surface area contributed by atoms with E-state index < -0.39 is 18.9 Å². The zero-order valence-corrected chi connectivity index (χ0v) is 9.08. The van der Waals surface area contributed by atoms with Crippen LogP contribution in [0.2, 0.25) is 0 Å². The molecule has 2 nitrogen and oxygen atoms in total. The molecule has 0 aromatic rings. The van der Waals surface area contributed by atoms with Crippen LogP contribution in [0.25, 0.3) is 0 Å². The average molecular weight is 206 g/mol. The van der Waals surface area contributed by atoms with Crippen LogP contribution in [-0.2, 0) is 0 Å². The first-order chi connectivity index (χ1) is 6.72. The highest BCUT2D eigenvalue weighted by molar-refractivity contribution is 4.66. The fraction of sp³-hybridized carbons (Fsp3) is 1.00. The van der Waals surface area contributed by atoms with Gasteiger partial charge in [-0.15, -0.1) is 0 Å². The van der Waals surface area contributed by atoms with Crippen molar-refractivity contribution in [3.05, 3.63) is 0 Å². The highest BCUT2D eigenvalue weighted by Crippen LogP contribution is 2.12. The van der Waals surface area contributed by atoms with Crippen molar-refractivity contribution in [2.24, 2.45) is 0 Å². The third kappa shape index (κ3) is 7.27. The van der Waals surface area contributed by atoms with E-state index >= 15 is 0 Å². The van der Waals surface area contributed by atoms with Gasteiger partial charge < -0.3 is 10.2 Å². The largest absolute Gasteiger partial charge is 0.394 e. The molecule has 0 saturated carbocycles. The van der Waals surface area contributed by atoms with E-state index in [0.717, 1.165) is 19.3 Å². The van der Waals surface area contributed by atoms with E-state index in [4.69, 9.17) is 10.2 Å². The van der Waals surface area contributed by atoms with Gasteiger partial charge in [0.25, 0.3) is 0 Å². The Morgan fingerprint density at radius 2 is 1.64 bits per heavy atom. The molecule has 0 heterocycles. The van der Waals surface area contributed by atoms with E-state index in [1.165, 1.54) is 19.3 Å². The fourth-order valence-corrected chi connectivity index (χ4v) is 1.43. The molecule has 1 unspecified atom stereocenters. The second kappa shape index (κ2) is 9.41. The molecule has 0 aliphatic rings. The summed E-state index contributed by atoms with van der Waals surface area (Å²) >= 11 is 0. The van der Waals surface area contributed by atoms with Crippen LogP contribution in [0.15, 0.2) is 0 Å². The Morgan fingerprint density at radius 3 is 2.21 bits per heavy atom. The van der Waals surface area contributed by atoms with Crippen molar-refractivity contribution in [3.63, 3.8) is 0 Å². The molecule has 0 fully saturated rings. The van der Waals surface area contributed by atoms with E-state index in [1.807, 2.05) is 0 Å². The molecule has 0 saturated heterocycles. The van der Waals surface area contributed by atoms with Gasteiger partial charge >= 0.3 is 0 Å². The summed E-state index contributed by atoms with van der Waals surface area (Å²) in [6.45, 7) is 1.69. The number of aliphatic hydroxyl groups is 2. The average Bonchev–Trinajstić information content (AvgIpc) is 2.21. The van der Waals surface area contributed by atoms with Gasteiger partial charge in [-0.05, 0) is 6.42 Å². The number of rotatable bonds is 9. The molecule has 0 rings (SSSR count). The summed E-state index contributed by atoms with van der Waals surface area (Å²) in [7, 11) is 0. The lowest BCUT2D eigenvalue weighted by atomic mass is 10.1. The molecular formula is C11H23FO2. The van der Waals surface area contributed by atoms with Crippen LogP contribution >= 0.6 is 0 Å². The summed E-state index contributed by atoms with van der Waals surface area (Å²) in [5.41, 5.74) is 0. The maximum absolute atomic E-state index is 13.0. The maximum atomic E-state index is 13.0. The van der Waals surface area contributed by atoms with E-state index in [2.05, 4.69) is 6.92 Å². The predicted molar refractivity (Wildman–Crippen MR) is 56.0 cm³/mol. The van der Waals surface area contributed by atoms with E-state index in [-0.39, 0.29) is 0 Å². The van der Waals surface area contributed by atoms with Crippen LogP contribution in [-0.4, -0.2) is 29.1 Å². The molecule has 86 valence electrons. The minimum Gasteiger partial charge on any atom is -0.394 e. The van der Waals surface area contributed by atoms with Gasteiger partial charge in [0.1, 0.15) is 12.3 Å². The SMILES string of the molecule is CCCCCCCCC(F)[C@@H](O)CO. The van der Waals surface area contributed by atoms with Gasteiger partial charge in [-0.1, -0.05) is 45.4 Å². The van der Waals surface area contributed by atoms with Gasteiger partial charge in [-0.2, -0.15) is 0 Å². The Kier molecular flexibility index (Phi) is 9.31. The Bertz CT molecular complexity index is 120. The number of halogens is 1. The van der Waals surface area contributed by atoms with Gasteiger partial charge in [0, 0.05) is 0 Å². The first-order valence-corrected chi connectivity index (χ1v) is 5.65. The van der Waals surface area contributed by atoms with Crippen LogP contribution < -0.4 is 0 Å². The van der Waals surface area contributed by atoms with E-state index in [9.17, 15) is 4.39 Å². The quantitative estimate of drug-likeness (QED) is 0.569. The standard InChI is InChI=1S/C11H23FO2/c1-2-3-4-5-6-7-8-10(12)11(14)9-13/h10-11,13-14H,2-9H2,1H3/t10?,11-/m0/s1. The van der Waals surface area contributed by atoms with Crippen molar-refractivity contribution in [1.29, 1.82) is 0 Å². The van der Waals surface area contributed by atoms with Crippen molar-refractivity contribution in [3.8, 4) is 0 Å². The van der Waals surface area contributed by atoms with Crippen molar-refractivity contribution in [2.45, 2.75) is 64.1 Å². The molecule has 14 heavy (non-hydrogen) atoms. The smallest absolute Gasteiger partial charge is 0.128 e. The first-order valence-electron chi connectivity index (χ1n) is 5.65. The lowest BCUT2D eigenvalue weighted by molar-refractivity contribution is 0.0242. The Labute approximate surface area is 86.1 Å². The molecule has 0 spiro atoms. The van der Waals surface area contributed by atoms with Crippen LogP contribution in [0.4, 0.5) is 4.39 Å². The van der Waals surface area contributed by atoms with Crippen molar-refractivity contribution < 1.29 is 14.6 Å². The van der Waals surface area contributed by atoms with Gasteiger partial charge in [0.05, 0.1) is 6.61 Å². The van der Waals surface area contributed by atoms with E-state index in [1.54, 1.807) is 0 Å². The number of unbranched alkanes of at least 4 members (excludes halogenated alkanes) is 5. The minimum atomic E-state index is -1.26. The molecule has 0 aromatic carbocycles. The van der Waals surface area contributed by atoms with Gasteiger partial charge in [0.15, 0.2) is 0 Å². The summed E-state index contributed by atoms with van der Waals surface area (Å²) < 4.78 is 13.0. The third-order valence-corrected chi connectivity index (χ3v) is 2.44. The first kappa shape index (κ1) is 13.8. The highest BCUT2D eigenvalue weighted by Gasteiger charge is 2.15. The second-order valence-electron chi connectivity index (χ2n) is 3.82. The Morgan fingerprint density at radius 1 is 1.07 bits per heavy atom. The van der Waals surface area contributed by atoms with Crippen molar-refractivity contribution in [1.82, 2.24) is 0 Å². The molecule has 2 atom stereocenters. The third-order valence-electron chi connectivity index (χ3n) is 2.44. The van der Waals surface area contributed by atoms with Crippen LogP contribution in [0.5, 0.6) is 0 Å². The molecule has 0 bridgehead atoms. The normalized spacial score (nSPS) is 15.4. The molecule has 0 amide bonds. The Balaban J connectivity index is 3.18. The lowest BCUT2D eigenvalue weighted by Crippen LogP contribution is -2.25. The maximum Gasteiger partial charge on any atom is 0.128 e. The molecule has 2 N–H and O–H groups in total. The summed E-state index contributed by atoms with van der Waals surface area (Å²) in [5.74, 6) is 0. The number of alkyl halides is 1. The van der Waals surface area contributed by atoms with Gasteiger partial charge in [-0.25, -0.2) is 4.39 Å². The van der Waals surface area contributed by atoms with Crippen LogP contribution in [0.3, 0.4) is 0 Å². The monoisotopic (exact) mass is 206 g/mol. The molecular weight excluding hydrogens is 183 g/mol. The molecule has 0 aromatic heterocycles. The number of hydrogen-bond donors (Lipinski definition) is 2. The Hall–Kier alpha value is -0.150. The minimum absolute atomic E-state index is 0.369. The predicted octanol–water partition coefficient (Wildman–Crippen LogP) is 2.43. The summed E-state index contributed by atoms with van der Waals surface area (Å²) in [6, 6.07) is 0. The summed E-state index contributed by atoms with van der Waals surface area (Å²) in [5, 5.41) is 17.4. The summed E-state index contributed by atoms with van der Waals surface area (Å²) in [6.07, 6.45) is 4.59. The molecule has 0 aliphatic heterocycles. The van der Waals surface area contributed by atoms with Crippen molar-refractivity contribution in [2.75, 3.05) is 6.61 Å². The van der Waals surface area contributed by atoms with Crippen LogP contribution in [0, 0.1) is 0 Å². The zero-order chi connectivity index (χ0) is 10.8. The number of hydrogen-bond acceptors (Lipinski definition) is 2. The topological polar surface area (TPSA) is 40.5 Å². The van der Waals surface area contributed by atoms with Crippen LogP contribution in [0.1, 0.15) is 51.9 Å². The van der Waals surface area contributed by atoms with Gasteiger partial charge in [0.2, 0.25) is 0 Å². The second-order valence-corrected chi connectivity index (χ2v) is 3.82. The lowest BCUT2D eigenvalue weighted by Gasteiger charge is -2.12. The summed E-state index contributed by atoms with van der Waals surface area (Å²) in [4.78, 5) is 0. The molecule has 0 aliphatic carbocycles. The molecule has 0 radical (unpaired) electrons. The van der Waals surface area contributed by atoms with Crippen molar-refractivity contribution >= 4 is 0 Å². The van der Waals surface area contributed by atoms with Gasteiger partial charge in [-0.3, -0.25) is 0 Å². The fourth-order valence-electron chi connectivity index (χ4n) is 1.43.